The van der Waals surface area contributed by atoms with Crippen LogP contribution in [0, 0.1) is 0 Å². The van der Waals surface area contributed by atoms with E-state index in [9.17, 15) is 9.59 Å². The van der Waals surface area contributed by atoms with E-state index in [1.807, 2.05) is 31.2 Å². The van der Waals surface area contributed by atoms with E-state index in [-0.39, 0.29) is 17.2 Å². The molecule has 124 valence electrons. The van der Waals surface area contributed by atoms with Crippen molar-refractivity contribution in [3.63, 3.8) is 0 Å². The van der Waals surface area contributed by atoms with E-state index in [4.69, 9.17) is 0 Å². The first-order valence-electron chi connectivity index (χ1n) is 8.85. The van der Waals surface area contributed by atoms with Crippen molar-refractivity contribution in [3.8, 4) is 0 Å². The van der Waals surface area contributed by atoms with Crippen LogP contribution in [-0.2, 0) is 15.0 Å². The summed E-state index contributed by atoms with van der Waals surface area (Å²) in [4.78, 5) is 24.4. The van der Waals surface area contributed by atoms with Gasteiger partial charge in [0, 0.05) is 18.2 Å². The van der Waals surface area contributed by atoms with Gasteiger partial charge in [-0.15, -0.1) is 0 Å². The lowest BCUT2D eigenvalue weighted by atomic mass is 9.68. The molecular formula is C19H26N2O2. The number of hydrogen-bond acceptors (Lipinski definition) is 2. The lowest BCUT2D eigenvalue weighted by Crippen LogP contribution is -2.46. The van der Waals surface area contributed by atoms with E-state index in [2.05, 4.69) is 10.6 Å². The zero-order valence-electron chi connectivity index (χ0n) is 13.9. The maximum atomic E-state index is 12.9. The van der Waals surface area contributed by atoms with Gasteiger partial charge in [-0.2, -0.15) is 0 Å². The number of nitrogens with one attached hydrogen (secondary N) is 2. The molecule has 0 radical (unpaired) electrons. The quantitative estimate of drug-likeness (QED) is 0.873. The Labute approximate surface area is 138 Å². The first-order chi connectivity index (χ1) is 11.1. The fourth-order valence-corrected chi connectivity index (χ4v) is 3.48. The first-order valence-corrected chi connectivity index (χ1v) is 8.85. The monoisotopic (exact) mass is 314 g/mol. The van der Waals surface area contributed by atoms with Crippen LogP contribution in [-0.4, -0.2) is 17.9 Å². The minimum absolute atomic E-state index is 0.0107. The molecule has 0 spiro atoms. The smallest absolute Gasteiger partial charge is 0.230 e. The zero-order valence-corrected chi connectivity index (χ0v) is 13.9. The Balaban J connectivity index is 1.81. The zero-order chi connectivity index (χ0) is 16.3. The van der Waals surface area contributed by atoms with Gasteiger partial charge in [-0.1, -0.05) is 38.3 Å². The normalized spacial score (nSPS) is 19.9. The van der Waals surface area contributed by atoms with Gasteiger partial charge < -0.3 is 10.6 Å². The molecule has 0 aromatic heterocycles. The molecule has 2 saturated carbocycles. The number of anilines is 1. The Morgan fingerprint density at radius 1 is 1.09 bits per heavy atom. The Morgan fingerprint density at radius 2 is 1.74 bits per heavy atom. The predicted molar refractivity (Wildman–Crippen MR) is 91.3 cm³/mol. The number of carbonyl (C=O) groups excluding carboxylic acids is 2. The van der Waals surface area contributed by atoms with Gasteiger partial charge in [-0.25, -0.2) is 0 Å². The third-order valence-electron chi connectivity index (χ3n) is 5.10. The van der Waals surface area contributed by atoms with Crippen LogP contribution in [0.3, 0.4) is 0 Å². The maximum Gasteiger partial charge on any atom is 0.230 e. The fraction of sp³-hybridized carbons (Fsp3) is 0.579. The van der Waals surface area contributed by atoms with E-state index >= 15 is 0 Å². The molecule has 0 heterocycles. The topological polar surface area (TPSA) is 58.2 Å². The lowest BCUT2D eigenvalue weighted by Gasteiger charge is -2.36. The van der Waals surface area contributed by atoms with Crippen LogP contribution in [0.1, 0.15) is 63.9 Å². The molecule has 0 aliphatic heterocycles. The second kappa shape index (κ2) is 6.73. The summed E-state index contributed by atoms with van der Waals surface area (Å²) in [6.45, 7) is 1.84. The summed E-state index contributed by atoms with van der Waals surface area (Å²) in [6.07, 6.45) is 7.96. The SMILES string of the molecule is CCC(=O)Nc1ccc(C2(C(=O)NC3CC3)CCCCC2)cc1. The van der Waals surface area contributed by atoms with Crippen molar-refractivity contribution in [2.24, 2.45) is 0 Å². The Bertz CT molecular complexity index is 570. The standard InChI is InChI=1S/C19H26N2O2/c1-2-17(22)20-15-8-6-14(7-9-15)19(12-4-3-5-13-19)18(23)21-16-10-11-16/h6-9,16H,2-5,10-13H2,1H3,(H,20,22)(H,21,23). The largest absolute Gasteiger partial charge is 0.353 e. The Kier molecular flexibility index (Phi) is 4.69. The van der Waals surface area contributed by atoms with Gasteiger partial charge in [-0.05, 0) is 43.4 Å². The van der Waals surface area contributed by atoms with Gasteiger partial charge in [0.2, 0.25) is 11.8 Å². The van der Waals surface area contributed by atoms with Crippen LogP contribution in [0.5, 0.6) is 0 Å². The maximum absolute atomic E-state index is 12.9. The first kappa shape index (κ1) is 16.0. The molecule has 2 aliphatic rings. The molecule has 0 unspecified atom stereocenters. The molecule has 4 nitrogen and oxygen atoms in total. The van der Waals surface area contributed by atoms with Gasteiger partial charge in [0.05, 0.1) is 5.41 Å². The molecule has 1 aromatic rings. The highest BCUT2D eigenvalue weighted by molar-refractivity contribution is 5.91. The molecule has 3 rings (SSSR count). The molecule has 1 aromatic carbocycles. The summed E-state index contributed by atoms with van der Waals surface area (Å²) in [6, 6.07) is 8.27. The highest BCUT2D eigenvalue weighted by Crippen LogP contribution is 2.40. The van der Waals surface area contributed by atoms with Crippen LogP contribution in [0.2, 0.25) is 0 Å². The third kappa shape index (κ3) is 3.57. The number of benzene rings is 1. The summed E-state index contributed by atoms with van der Waals surface area (Å²) in [5.41, 5.74) is 1.51. The van der Waals surface area contributed by atoms with Crippen molar-refractivity contribution >= 4 is 17.5 Å². The van der Waals surface area contributed by atoms with E-state index in [1.165, 1.54) is 6.42 Å². The van der Waals surface area contributed by atoms with E-state index in [1.54, 1.807) is 0 Å². The number of hydrogen-bond donors (Lipinski definition) is 2. The van der Waals surface area contributed by atoms with Gasteiger partial charge in [0.25, 0.3) is 0 Å². The lowest BCUT2D eigenvalue weighted by molar-refractivity contribution is -0.128. The van der Waals surface area contributed by atoms with Crippen LogP contribution in [0.15, 0.2) is 24.3 Å². The molecule has 2 fully saturated rings. The third-order valence-corrected chi connectivity index (χ3v) is 5.10. The van der Waals surface area contributed by atoms with Gasteiger partial charge >= 0.3 is 0 Å². The summed E-state index contributed by atoms with van der Waals surface area (Å²) < 4.78 is 0. The molecular weight excluding hydrogens is 288 g/mol. The summed E-state index contributed by atoms with van der Waals surface area (Å²) in [5, 5.41) is 6.08. The summed E-state index contributed by atoms with van der Waals surface area (Å²) in [7, 11) is 0. The molecule has 23 heavy (non-hydrogen) atoms. The van der Waals surface area contributed by atoms with Crippen LogP contribution in [0.4, 0.5) is 5.69 Å². The number of carbonyl (C=O) groups is 2. The van der Waals surface area contributed by atoms with Crippen LogP contribution >= 0.6 is 0 Å². The van der Waals surface area contributed by atoms with Crippen LogP contribution < -0.4 is 10.6 Å². The van der Waals surface area contributed by atoms with Crippen molar-refractivity contribution in [2.45, 2.75) is 69.7 Å². The van der Waals surface area contributed by atoms with E-state index < -0.39 is 0 Å². The van der Waals surface area contributed by atoms with Crippen molar-refractivity contribution < 1.29 is 9.59 Å². The minimum Gasteiger partial charge on any atom is -0.353 e. The van der Waals surface area contributed by atoms with Gasteiger partial charge in [-0.3, -0.25) is 9.59 Å². The highest BCUT2D eigenvalue weighted by atomic mass is 16.2. The average Bonchev–Trinajstić information content (AvgIpc) is 3.40. The predicted octanol–water partition coefficient (Wildman–Crippen LogP) is 3.52. The Hall–Kier alpha value is -1.84. The van der Waals surface area contributed by atoms with E-state index in [0.717, 1.165) is 49.8 Å². The summed E-state index contributed by atoms with van der Waals surface area (Å²) >= 11 is 0. The number of rotatable bonds is 5. The molecule has 2 N–H and O–H groups in total. The average molecular weight is 314 g/mol. The summed E-state index contributed by atoms with van der Waals surface area (Å²) in [5.74, 6) is 0.210. The molecule has 0 atom stereocenters. The molecule has 2 aliphatic carbocycles. The Morgan fingerprint density at radius 3 is 2.30 bits per heavy atom. The number of amides is 2. The molecule has 4 heteroatoms. The second-order valence-corrected chi connectivity index (χ2v) is 6.87. The molecule has 0 bridgehead atoms. The van der Waals surface area contributed by atoms with Gasteiger partial charge in [0.1, 0.15) is 0 Å². The molecule has 0 saturated heterocycles. The van der Waals surface area contributed by atoms with E-state index in [0.29, 0.717) is 12.5 Å². The second-order valence-electron chi connectivity index (χ2n) is 6.87. The molecule has 2 amide bonds. The fourth-order valence-electron chi connectivity index (χ4n) is 3.48. The van der Waals surface area contributed by atoms with Gasteiger partial charge in [0.15, 0.2) is 0 Å². The van der Waals surface area contributed by atoms with Crippen LogP contribution in [0.25, 0.3) is 0 Å². The minimum atomic E-state index is -0.381. The van der Waals surface area contributed by atoms with Crippen molar-refractivity contribution in [1.82, 2.24) is 5.32 Å². The van der Waals surface area contributed by atoms with Crippen molar-refractivity contribution in [3.05, 3.63) is 29.8 Å². The van der Waals surface area contributed by atoms with Crippen molar-refractivity contribution in [1.29, 1.82) is 0 Å². The highest BCUT2D eigenvalue weighted by Gasteiger charge is 2.42. The van der Waals surface area contributed by atoms with Crippen molar-refractivity contribution in [2.75, 3.05) is 5.32 Å².